The molecule has 25 heavy (non-hydrogen) atoms. The lowest BCUT2D eigenvalue weighted by molar-refractivity contribution is 0.0821. The summed E-state index contributed by atoms with van der Waals surface area (Å²) in [5.74, 6) is -1.52. The van der Waals surface area contributed by atoms with E-state index in [1.807, 2.05) is 0 Å². The number of ether oxygens (including phenoxy) is 2. The van der Waals surface area contributed by atoms with Gasteiger partial charge in [-0.3, -0.25) is 0 Å². The Morgan fingerprint density at radius 3 is 2.80 bits per heavy atom. The third-order valence-electron chi connectivity index (χ3n) is 4.02. The Hall–Kier alpha value is -2.52. The zero-order valence-electron chi connectivity index (χ0n) is 13.6. The second-order valence-electron chi connectivity index (χ2n) is 5.58. The summed E-state index contributed by atoms with van der Waals surface area (Å²) in [6, 6.07) is 2.11. The van der Waals surface area contributed by atoms with Gasteiger partial charge in [0.05, 0.1) is 31.5 Å². The number of anilines is 1. The summed E-state index contributed by atoms with van der Waals surface area (Å²) in [6.45, 7) is 0.932. The topological polar surface area (TPSA) is 98.5 Å². The SMILES string of the molecule is CNC1COCc2nc(NCCOC(N)=O)c3cc(F)c(F)cc3c21. The van der Waals surface area contributed by atoms with Crippen molar-refractivity contribution in [3.05, 3.63) is 35.0 Å². The van der Waals surface area contributed by atoms with E-state index in [1.54, 1.807) is 7.05 Å². The predicted molar refractivity (Wildman–Crippen MR) is 87.1 cm³/mol. The van der Waals surface area contributed by atoms with Gasteiger partial charge in [0, 0.05) is 10.9 Å². The van der Waals surface area contributed by atoms with Gasteiger partial charge in [0.2, 0.25) is 0 Å². The monoisotopic (exact) mass is 352 g/mol. The molecule has 0 spiro atoms. The number of fused-ring (bicyclic) bond motifs is 3. The van der Waals surface area contributed by atoms with Gasteiger partial charge >= 0.3 is 6.09 Å². The van der Waals surface area contributed by atoms with Crippen molar-refractivity contribution in [1.29, 1.82) is 0 Å². The molecule has 0 radical (unpaired) electrons. The van der Waals surface area contributed by atoms with E-state index in [9.17, 15) is 13.6 Å². The molecule has 1 amide bonds. The van der Waals surface area contributed by atoms with Crippen molar-refractivity contribution in [2.24, 2.45) is 5.73 Å². The van der Waals surface area contributed by atoms with E-state index < -0.39 is 17.7 Å². The normalized spacial score (nSPS) is 16.5. The molecule has 1 aliphatic heterocycles. The molecule has 2 aromatic rings. The van der Waals surface area contributed by atoms with Crippen LogP contribution in [0.3, 0.4) is 0 Å². The van der Waals surface area contributed by atoms with Gasteiger partial charge in [-0.25, -0.2) is 18.6 Å². The summed E-state index contributed by atoms with van der Waals surface area (Å²) in [4.78, 5) is 15.1. The molecule has 2 heterocycles. The molecule has 1 unspecified atom stereocenters. The van der Waals surface area contributed by atoms with Crippen LogP contribution < -0.4 is 16.4 Å². The molecule has 0 fully saturated rings. The average molecular weight is 352 g/mol. The number of amides is 1. The molecule has 3 rings (SSSR count). The molecule has 1 aromatic heterocycles. The Balaban J connectivity index is 2.05. The smallest absolute Gasteiger partial charge is 0.404 e. The maximum Gasteiger partial charge on any atom is 0.404 e. The molecule has 1 atom stereocenters. The number of likely N-dealkylation sites (N-methyl/N-ethyl adjacent to an activating group) is 1. The van der Waals surface area contributed by atoms with E-state index in [4.69, 9.17) is 10.5 Å². The van der Waals surface area contributed by atoms with Crippen molar-refractivity contribution in [3.8, 4) is 0 Å². The number of benzene rings is 1. The zero-order chi connectivity index (χ0) is 18.0. The van der Waals surface area contributed by atoms with E-state index in [1.165, 1.54) is 6.07 Å². The molecule has 0 saturated carbocycles. The number of nitrogens with two attached hydrogens (primary N) is 1. The van der Waals surface area contributed by atoms with Crippen molar-refractivity contribution in [3.63, 3.8) is 0 Å². The third-order valence-corrected chi connectivity index (χ3v) is 4.02. The highest BCUT2D eigenvalue weighted by molar-refractivity contribution is 5.95. The molecule has 0 bridgehead atoms. The standard InChI is InChI=1S/C16H18F2N4O3/c1-20-12-6-24-7-13-14(12)8-4-10(17)11(18)5-9(8)15(22-13)21-2-3-25-16(19)23/h4-5,12,20H,2-3,6-7H2,1H3,(H2,19,23)(H,21,22). The second kappa shape index (κ2) is 7.16. The van der Waals surface area contributed by atoms with Crippen molar-refractivity contribution < 1.29 is 23.0 Å². The molecular formula is C16H18F2N4O3. The fraction of sp³-hybridized carbons (Fsp3) is 0.375. The van der Waals surface area contributed by atoms with Gasteiger partial charge in [0.15, 0.2) is 11.6 Å². The van der Waals surface area contributed by atoms with Crippen LogP contribution in [0, 0.1) is 11.6 Å². The Labute approximate surface area is 142 Å². The number of aromatic nitrogens is 1. The molecule has 4 N–H and O–H groups in total. The van der Waals surface area contributed by atoms with Gasteiger partial charge in [-0.15, -0.1) is 0 Å². The minimum Gasteiger partial charge on any atom is -0.448 e. The molecular weight excluding hydrogens is 334 g/mol. The molecule has 7 nitrogen and oxygen atoms in total. The van der Waals surface area contributed by atoms with Crippen LogP contribution in [0.4, 0.5) is 19.4 Å². The summed E-state index contributed by atoms with van der Waals surface area (Å²) in [5, 5.41) is 7.06. The van der Waals surface area contributed by atoms with Gasteiger partial charge in [-0.05, 0) is 24.6 Å². The van der Waals surface area contributed by atoms with Crippen LogP contribution in [-0.4, -0.2) is 37.9 Å². The fourth-order valence-electron chi connectivity index (χ4n) is 2.92. The largest absolute Gasteiger partial charge is 0.448 e. The molecule has 0 saturated heterocycles. The minimum atomic E-state index is -0.959. The van der Waals surface area contributed by atoms with Crippen LogP contribution in [0.1, 0.15) is 17.3 Å². The van der Waals surface area contributed by atoms with Gasteiger partial charge < -0.3 is 25.8 Å². The number of nitrogens with one attached hydrogen (secondary N) is 2. The third kappa shape index (κ3) is 3.47. The summed E-state index contributed by atoms with van der Waals surface area (Å²) < 4.78 is 37.8. The summed E-state index contributed by atoms with van der Waals surface area (Å²) in [6.07, 6.45) is -0.886. The maximum absolute atomic E-state index is 13.8. The lowest BCUT2D eigenvalue weighted by Gasteiger charge is -2.27. The zero-order valence-corrected chi connectivity index (χ0v) is 13.6. The van der Waals surface area contributed by atoms with Crippen LogP contribution in [0.5, 0.6) is 0 Å². The van der Waals surface area contributed by atoms with Crippen molar-refractivity contribution in [2.45, 2.75) is 12.6 Å². The highest BCUT2D eigenvalue weighted by atomic mass is 19.2. The van der Waals surface area contributed by atoms with Crippen LogP contribution in [0.15, 0.2) is 12.1 Å². The first-order valence-corrected chi connectivity index (χ1v) is 7.74. The first-order chi connectivity index (χ1) is 12.0. The second-order valence-corrected chi connectivity index (χ2v) is 5.58. The van der Waals surface area contributed by atoms with Gasteiger partial charge in [0.1, 0.15) is 12.4 Å². The number of primary amides is 1. The number of rotatable bonds is 5. The lowest BCUT2D eigenvalue weighted by atomic mass is 9.96. The summed E-state index contributed by atoms with van der Waals surface area (Å²) in [5.41, 5.74) is 6.34. The van der Waals surface area contributed by atoms with Crippen LogP contribution >= 0.6 is 0 Å². The van der Waals surface area contributed by atoms with E-state index in [-0.39, 0.29) is 25.8 Å². The highest BCUT2D eigenvalue weighted by Gasteiger charge is 2.26. The van der Waals surface area contributed by atoms with Crippen molar-refractivity contribution in [2.75, 3.05) is 32.1 Å². The van der Waals surface area contributed by atoms with Crippen molar-refractivity contribution >= 4 is 22.7 Å². The van der Waals surface area contributed by atoms with E-state index in [2.05, 4.69) is 20.4 Å². The van der Waals surface area contributed by atoms with Crippen LogP contribution in [-0.2, 0) is 16.1 Å². The number of carbonyl (C=O) groups is 1. The minimum absolute atomic E-state index is 0.0227. The highest BCUT2D eigenvalue weighted by Crippen LogP contribution is 2.35. The molecule has 0 aliphatic carbocycles. The number of nitrogens with zero attached hydrogens (tertiary/aromatic N) is 1. The quantitative estimate of drug-likeness (QED) is 0.710. The van der Waals surface area contributed by atoms with Gasteiger partial charge in [-0.2, -0.15) is 0 Å². The van der Waals surface area contributed by atoms with Gasteiger partial charge in [0.25, 0.3) is 0 Å². The number of pyridine rings is 1. The van der Waals surface area contributed by atoms with E-state index in [0.29, 0.717) is 28.9 Å². The lowest BCUT2D eigenvalue weighted by Crippen LogP contribution is -2.28. The maximum atomic E-state index is 13.8. The Bertz CT molecular complexity index is 816. The Kier molecular flexibility index (Phi) is 4.95. The number of hydrogen-bond donors (Lipinski definition) is 3. The van der Waals surface area contributed by atoms with Crippen molar-refractivity contribution in [1.82, 2.24) is 10.3 Å². The summed E-state index contributed by atoms with van der Waals surface area (Å²) >= 11 is 0. The predicted octanol–water partition coefficient (Wildman–Crippen LogP) is 1.81. The molecule has 1 aromatic carbocycles. The van der Waals surface area contributed by atoms with E-state index in [0.717, 1.165) is 11.6 Å². The molecule has 134 valence electrons. The van der Waals surface area contributed by atoms with Crippen LogP contribution in [0.25, 0.3) is 10.8 Å². The first-order valence-electron chi connectivity index (χ1n) is 7.74. The molecule has 9 heteroatoms. The summed E-state index contributed by atoms with van der Waals surface area (Å²) in [7, 11) is 1.77. The number of halogens is 2. The number of carbonyl (C=O) groups excluding carboxylic acids is 1. The van der Waals surface area contributed by atoms with Gasteiger partial charge in [-0.1, -0.05) is 0 Å². The Morgan fingerprint density at radius 1 is 1.40 bits per heavy atom. The van der Waals surface area contributed by atoms with E-state index >= 15 is 0 Å². The molecule has 1 aliphatic rings. The fourth-order valence-corrected chi connectivity index (χ4v) is 2.92. The first kappa shape index (κ1) is 17.3. The number of hydrogen-bond acceptors (Lipinski definition) is 6. The Morgan fingerprint density at radius 2 is 2.12 bits per heavy atom. The average Bonchev–Trinajstić information content (AvgIpc) is 2.59. The van der Waals surface area contributed by atoms with Crippen LogP contribution in [0.2, 0.25) is 0 Å².